The molecule has 0 spiro atoms. The van der Waals surface area contributed by atoms with E-state index in [-0.39, 0.29) is 22.7 Å². The molecule has 10 heteroatoms. The lowest BCUT2D eigenvalue weighted by molar-refractivity contribution is -0.114. The maximum atomic E-state index is 13.4. The van der Waals surface area contributed by atoms with Gasteiger partial charge in [0, 0.05) is 4.47 Å². The predicted octanol–water partition coefficient (Wildman–Crippen LogP) is 4.81. The number of carbonyl (C=O) groups excluding carboxylic acids is 2. The third-order valence-electron chi connectivity index (χ3n) is 5.18. The van der Waals surface area contributed by atoms with E-state index < -0.39 is 28.4 Å². The number of halogens is 1. The van der Waals surface area contributed by atoms with Crippen molar-refractivity contribution in [3.8, 4) is 0 Å². The van der Waals surface area contributed by atoms with E-state index in [0.29, 0.717) is 11.4 Å². The van der Waals surface area contributed by atoms with E-state index in [0.717, 1.165) is 8.78 Å². The molecule has 1 heterocycles. The molecule has 4 aromatic rings. The van der Waals surface area contributed by atoms with Crippen LogP contribution in [0.1, 0.15) is 16.1 Å². The molecule has 3 aromatic carbocycles. The van der Waals surface area contributed by atoms with Gasteiger partial charge in [0.2, 0.25) is 5.91 Å². The number of nitrogens with one attached hydrogen (secondary N) is 2. The van der Waals surface area contributed by atoms with Crippen molar-refractivity contribution in [2.75, 3.05) is 16.2 Å². The molecule has 0 radical (unpaired) electrons. The minimum atomic E-state index is -4.05. The Hall–Kier alpha value is -3.89. The number of amides is 2. The molecule has 0 fully saturated rings. The number of hydrogen-bond acceptors (Lipinski definition) is 5. The lowest BCUT2D eigenvalue weighted by atomic mass is 10.1. The quantitative estimate of drug-likeness (QED) is 0.302. The van der Waals surface area contributed by atoms with Crippen LogP contribution in [0.5, 0.6) is 0 Å². The Labute approximate surface area is 217 Å². The largest absolute Gasteiger partial charge is 0.467 e. The van der Waals surface area contributed by atoms with Crippen LogP contribution in [0, 0.1) is 0 Å². The fraction of sp³-hybridized carbons (Fsp3) is 0.0769. The normalized spacial score (nSPS) is 11.0. The van der Waals surface area contributed by atoms with Crippen molar-refractivity contribution < 1.29 is 22.4 Å². The molecule has 0 bridgehead atoms. The van der Waals surface area contributed by atoms with Gasteiger partial charge in [-0.1, -0.05) is 46.3 Å². The van der Waals surface area contributed by atoms with Gasteiger partial charge >= 0.3 is 0 Å². The van der Waals surface area contributed by atoms with Gasteiger partial charge in [0.25, 0.3) is 15.9 Å². The molecule has 0 saturated carbocycles. The maximum Gasteiger partial charge on any atom is 0.264 e. The highest BCUT2D eigenvalue weighted by atomic mass is 79.9. The summed E-state index contributed by atoms with van der Waals surface area (Å²) < 4.78 is 33.9. The molecule has 4 rings (SSSR count). The standard InChI is InChI=1S/C26H22BrN3O5S/c27-19-12-14-20(15-13-19)30(36(33,34)22-8-2-1-3-9-22)18-25(31)29-24-11-5-4-10-23(24)26(32)28-17-21-7-6-16-35-21/h1-16H,17-18H2,(H,28,32)(H,29,31). The number of para-hydroxylation sites is 1. The van der Waals surface area contributed by atoms with Gasteiger partial charge in [-0.15, -0.1) is 0 Å². The van der Waals surface area contributed by atoms with E-state index in [9.17, 15) is 18.0 Å². The Morgan fingerprint density at radius 2 is 1.56 bits per heavy atom. The van der Waals surface area contributed by atoms with Gasteiger partial charge in [0.15, 0.2) is 0 Å². The smallest absolute Gasteiger partial charge is 0.264 e. The Bertz CT molecular complexity index is 1440. The number of hydrogen-bond donors (Lipinski definition) is 2. The first-order valence-electron chi connectivity index (χ1n) is 10.9. The van der Waals surface area contributed by atoms with Crippen LogP contribution in [-0.2, 0) is 21.4 Å². The fourth-order valence-corrected chi connectivity index (χ4v) is 5.13. The zero-order valence-electron chi connectivity index (χ0n) is 18.9. The molecule has 0 unspecified atom stereocenters. The van der Waals surface area contributed by atoms with E-state index in [1.807, 2.05) is 0 Å². The molecular weight excluding hydrogens is 546 g/mol. The summed E-state index contributed by atoms with van der Waals surface area (Å²) in [5.41, 5.74) is 0.813. The summed E-state index contributed by atoms with van der Waals surface area (Å²) in [6.45, 7) is -0.317. The van der Waals surface area contributed by atoms with Crippen LogP contribution in [-0.4, -0.2) is 26.8 Å². The van der Waals surface area contributed by atoms with E-state index in [4.69, 9.17) is 4.42 Å². The van der Waals surface area contributed by atoms with Gasteiger partial charge in [-0.2, -0.15) is 0 Å². The zero-order chi connectivity index (χ0) is 25.5. The fourth-order valence-electron chi connectivity index (χ4n) is 3.43. The van der Waals surface area contributed by atoms with Crippen LogP contribution in [0.3, 0.4) is 0 Å². The van der Waals surface area contributed by atoms with Gasteiger partial charge in [0.1, 0.15) is 12.3 Å². The molecule has 0 aliphatic rings. The van der Waals surface area contributed by atoms with Crippen molar-refractivity contribution in [2.45, 2.75) is 11.4 Å². The molecule has 0 aliphatic heterocycles. The molecule has 2 amide bonds. The highest BCUT2D eigenvalue weighted by molar-refractivity contribution is 9.10. The number of sulfonamides is 1. The van der Waals surface area contributed by atoms with E-state index in [1.54, 1.807) is 78.9 Å². The number of carbonyl (C=O) groups is 2. The number of furan rings is 1. The van der Waals surface area contributed by atoms with Crippen molar-refractivity contribution in [3.63, 3.8) is 0 Å². The first-order chi connectivity index (χ1) is 17.3. The zero-order valence-corrected chi connectivity index (χ0v) is 21.3. The third-order valence-corrected chi connectivity index (χ3v) is 7.50. The monoisotopic (exact) mass is 567 g/mol. The summed E-state index contributed by atoms with van der Waals surface area (Å²) in [6.07, 6.45) is 1.51. The van der Waals surface area contributed by atoms with Crippen molar-refractivity contribution in [3.05, 3.63) is 113 Å². The minimum Gasteiger partial charge on any atom is -0.467 e. The lowest BCUT2D eigenvalue weighted by Gasteiger charge is -2.24. The van der Waals surface area contributed by atoms with Gasteiger partial charge in [0.05, 0.1) is 34.6 Å². The Balaban J connectivity index is 1.56. The number of anilines is 2. The Kier molecular flexibility index (Phi) is 7.87. The van der Waals surface area contributed by atoms with Crippen molar-refractivity contribution in [1.29, 1.82) is 0 Å². The summed E-state index contributed by atoms with van der Waals surface area (Å²) >= 11 is 3.34. The van der Waals surface area contributed by atoms with Crippen LogP contribution >= 0.6 is 15.9 Å². The minimum absolute atomic E-state index is 0.0541. The van der Waals surface area contributed by atoms with Crippen LogP contribution in [0.4, 0.5) is 11.4 Å². The summed E-state index contributed by atoms with van der Waals surface area (Å²) in [6, 6.07) is 24.4. The SMILES string of the molecule is O=C(CN(c1ccc(Br)cc1)S(=O)(=O)c1ccccc1)Nc1ccccc1C(=O)NCc1ccco1. The summed E-state index contributed by atoms with van der Waals surface area (Å²) in [7, 11) is -4.05. The van der Waals surface area contributed by atoms with E-state index >= 15 is 0 Å². The first-order valence-corrected chi connectivity index (χ1v) is 13.1. The number of rotatable bonds is 9. The second kappa shape index (κ2) is 11.2. The second-order valence-corrected chi connectivity index (χ2v) is 10.4. The molecule has 1 aromatic heterocycles. The van der Waals surface area contributed by atoms with Crippen LogP contribution in [0.25, 0.3) is 0 Å². The topological polar surface area (TPSA) is 109 Å². The van der Waals surface area contributed by atoms with Crippen LogP contribution in [0.2, 0.25) is 0 Å². The molecule has 0 aliphatic carbocycles. The van der Waals surface area contributed by atoms with Crippen molar-refractivity contribution in [2.24, 2.45) is 0 Å². The summed E-state index contributed by atoms with van der Waals surface area (Å²) in [5.74, 6) is -0.436. The second-order valence-electron chi connectivity index (χ2n) is 7.66. The molecular formula is C26H22BrN3O5S. The Morgan fingerprint density at radius 1 is 0.861 bits per heavy atom. The molecule has 36 heavy (non-hydrogen) atoms. The molecule has 8 nitrogen and oxygen atoms in total. The predicted molar refractivity (Wildman–Crippen MR) is 140 cm³/mol. The van der Waals surface area contributed by atoms with Crippen molar-refractivity contribution >= 4 is 49.1 Å². The maximum absolute atomic E-state index is 13.4. The van der Waals surface area contributed by atoms with Crippen LogP contribution in [0.15, 0.2) is 111 Å². The lowest BCUT2D eigenvalue weighted by Crippen LogP contribution is -2.38. The average Bonchev–Trinajstić information content (AvgIpc) is 3.41. The third kappa shape index (κ3) is 6.02. The number of benzene rings is 3. The van der Waals surface area contributed by atoms with Gasteiger partial charge in [-0.3, -0.25) is 13.9 Å². The van der Waals surface area contributed by atoms with Gasteiger partial charge < -0.3 is 15.1 Å². The highest BCUT2D eigenvalue weighted by Crippen LogP contribution is 2.25. The Morgan fingerprint density at radius 3 is 2.25 bits per heavy atom. The van der Waals surface area contributed by atoms with E-state index in [2.05, 4.69) is 26.6 Å². The van der Waals surface area contributed by atoms with Gasteiger partial charge in [-0.25, -0.2) is 8.42 Å². The van der Waals surface area contributed by atoms with Crippen molar-refractivity contribution in [1.82, 2.24) is 5.32 Å². The first kappa shape index (κ1) is 25.2. The van der Waals surface area contributed by atoms with Crippen LogP contribution < -0.4 is 14.9 Å². The average molecular weight is 568 g/mol. The molecule has 184 valence electrons. The molecule has 0 saturated heterocycles. The van der Waals surface area contributed by atoms with Gasteiger partial charge in [-0.05, 0) is 60.7 Å². The van der Waals surface area contributed by atoms with E-state index in [1.165, 1.54) is 18.4 Å². The molecule has 2 N–H and O–H groups in total. The summed E-state index contributed by atoms with van der Waals surface area (Å²) in [4.78, 5) is 25.9. The highest BCUT2D eigenvalue weighted by Gasteiger charge is 2.27. The summed E-state index contributed by atoms with van der Waals surface area (Å²) in [5, 5.41) is 5.42. The molecule has 0 atom stereocenters. The number of nitrogens with zero attached hydrogens (tertiary/aromatic N) is 1.